The van der Waals surface area contributed by atoms with Gasteiger partial charge in [-0.2, -0.15) is 0 Å². The van der Waals surface area contributed by atoms with E-state index in [4.69, 9.17) is 0 Å². The summed E-state index contributed by atoms with van der Waals surface area (Å²) in [5.74, 6) is 0. The second kappa shape index (κ2) is 14.5. The molecule has 0 aromatic heterocycles. The van der Waals surface area contributed by atoms with Crippen molar-refractivity contribution >= 4 is 22.5 Å². The third kappa shape index (κ3) is 7.87. The molecule has 1 heteroatoms. The second-order valence-corrected chi connectivity index (χ2v) is 23.8. The number of anilines is 2. The maximum absolute atomic E-state index is 2.73. The molecule has 2 aliphatic rings. The lowest BCUT2D eigenvalue weighted by atomic mass is 9.64. The third-order valence-corrected chi connectivity index (χ3v) is 13.8. The molecule has 0 radical (unpaired) electrons. The topological polar surface area (TPSA) is 3.24 Å². The van der Waals surface area contributed by atoms with E-state index in [9.17, 15) is 0 Å². The number of fused-ring (bicyclic) bond motifs is 3. The highest BCUT2D eigenvalue weighted by Gasteiger charge is 2.49. The van der Waals surface area contributed by atoms with Gasteiger partial charge in [-0.1, -0.05) is 209 Å². The van der Waals surface area contributed by atoms with Gasteiger partial charge in [0.2, 0.25) is 0 Å². The van der Waals surface area contributed by atoms with Crippen LogP contribution in [0.1, 0.15) is 169 Å². The highest BCUT2D eigenvalue weighted by atomic mass is 15.2. The molecule has 60 heavy (non-hydrogen) atoms. The highest BCUT2D eigenvalue weighted by molar-refractivity contribution is 5.91. The summed E-state index contributed by atoms with van der Waals surface area (Å²) in [7, 11) is 0. The van der Waals surface area contributed by atoms with Gasteiger partial charge in [-0.15, -0.1) is 0 Å². The van der Waals surface area contributed by atoms with Gasteiger partial charge in [0, 0.05) is 23.2 Å². The van der Waals surface area contributed by atoms with Gasteiger partial charge < -0.3 is 4.90 Å². The Morgan fingerprint density at radius 1 is 0.450 bits per heavy atom. The van der Waals surface area contributed by atoms with E-state index in [1.54, 1.807) is 0 Å². The average Bonchev–Trinajstić information content (AvgIpc) is 3.38. The zero-order valence-electron chi connectivity index (χ0n) is 40.2. The van der Waals surface area contributed by atoms with Crippen molar-refractivity contribution < 1.29 is 0 Å². The molecule has 0 aliphatic heterocycles. The standard InChI is InChI=1S/C59H73N/c1-53(2,3)43-25-27-47(28-26-43)60(48-29-30-50-49-23-18-19-24-51(49)58(16,17)52(50)36-48)59(57(13,14)15)37-41(39-21-20-22-44(32-39)54(4,5)6)31-42(38-59)40-33-45(55(7,8)9)35-46(34-40)56(10,11)12/h18-36,38H,37H2,1-17H3. The van der Waals surface area contributed by atoms with Crippen LogP contribution in [0.15, 0.2) is 121 Å². The van der Waals surface area contributed by atoms with Crippen LogP contribution in [0.2, 0.25) is 0 Å². The fourth-order valence-corrected chi connectivity index (χ4v) is 9.59. The Hall–Kier alpha value is -4.62. The maximum atomic E-state index is 2.73. The molecule has 1 unspecified atom stereocenters. The number of hydrogen-bond acceptors (Lipinski definition) is 1. The van der Waals surface area contributed by atoms with Crippen LogP contribution >= 0.6 is 0 Å². The normalized spacial score (nSPS) is 18.1. The average molecular weight is 796 g/mol. The monoisotopic (exact) mass is 796 g/mol. The van der Waals surface area contributed by atoms with Gasteiger partial charge in [0.05, 0.1) is 5.54 Å². The molecular formula is C59H73N. The van der Waals surface area contributed by atoms with Crippen molar-refractivity contribution in [1.29, 1.82) is 0 Å². The van der Waals surface area contributed by atoms with E-state index < -0.39 is 5.54 Å². The Labute approximate surface area is 365 Å². The van der Waals surface area contributed by atoms with Crippen LogP contribution in [0.4, 0.5) is 11.4 Å². The number of rotatable bonds is 5. The van der Waals surface area contributed by atoms with Crippen molar-refractivity contribution in [3.8, 4) is 11.1 Å². The molecule has 2 aliphatic carbocycles. The summed E-state index contributed by atoms with van der Waals surface area (Å²) < 4.78 is 0. The first-order valence-corrected chi connectivity index (χ1v) is 22.5. The lowest BCUT2D eigenvalue weighted by Gasteiger charge is -2.54. The molecule has 0 spiro atoms. The first-order valence-electron chi connectivity index (χ1n) is 22.5. The van der Waals surface area contributed by atoms with Crippen molar-refractivity contribution in [1.82, 2.24) is 0 Å². The minimum absolute atomic E-state index is 0.00439. The van der Waals surface area contributed by atoms with Crippen LogP contribution in [0.5, 0.6) is 0 Å². The fraction of sp³-hybridized carbons (Fsp3) is 0.424. The predicted octanol–water partition coefficient (Wildman–Crippen LogP) is 16.7. The molecule has 0 fully saturated rings. The number of benzene rings is 5. The van der Waals surface area contributed by atoms with Gasteiger partial charge in [0.25, 0.3) is 0 Å². The Balaban J connectivity index is 1.57. The SMILES string of the molecule is CC(C)(C)c1ccc(N(c2ccc3c(c2)C(C)(C)c2ccccc2-3)C2(C(C)(C)C)C=C(c3cc(C(C)(C)C)cc(C(C)(C)C)c3)C=C(c3cccc(C(C)(C)C)c3)C2)cc1. The molecule has 0 saturated heterocycles. The van der Waals surface area contributed by atoms with Crippen LogP contribution in [-0.4, -0.2) is 5.54 Å². The van der Waals surface area contributed by atoms with Gasteiger partial charge in [-0.05, 0) is 124 Å². The number of nitrogens with zero attached hydrogens (tertiary/aromatic N) is 1. The Morgan fingerprint density at radius 3 is 1.55 bits per heavy atom. The Morgan fingerprint density at radius 2 is 0.983 bits per heavy atom. The minimum atomic E-state index is -0.475. The number of hydrogen-bond donors (Lipinski definition) is 0. The first kappa shape index (κ1) is 43.5. The second-order valence-electron chi connectivity index (χ2n) is 23.8. The van der Waals surface area contributed by atoms with Gasteiger partial charge in [-0.3, -0.25) is 0 Å². The quantitative estimate of drug-likeness (QED) is 0.171. The fourth-order valence-electron chi connectivity index (χ4n) is 9.59. The van der Waals surface area contributed by atoms with Crippen LogP contribution in [0.25, 0.3) is 22.3 Å². The van der Waals surface area contributed by atoms with E-state index in [-0.39, 0.29) is 32.5 Å². The molecule has 0 N–H and O–H groups in total. The molecule has 314 valence electrons. The Bertz CT molecular complexity index is 2450. The summed E-state index contributed by atoms with van der Waals surface area (Å²) in [5, 5.41) is 0. The Kier molecular flexibility index (Phi) is 10.5. The lowest BCUT2D eigenvalue weighted by Crippen LogP contribution is -2.55. The van der Waals surface area contributed by atoms with Crippen molar-refractivity contribution in [3.63, 3.8) is 0 Å². The minimum Gasteiger partial charge on any atom is -0.331 e. The summed E-state index contributed by atoms with van der Waals surface area (Å²) in [5.41, 5.74) is 17.9. The molecular weight excluding hydrogens is 723 g/mol. The summed E-state index contributed by atoms with van der Waals surface area (Å²) in [6.45, 7) is 40.2. The maximum Gasteiger partial charge on any atom is 0.0730 e. The summed E-state index contributed by atoms with van der Waals surface area (Å²) in [6, 6.07) is 42.7. The zero-order chi connectivity index (χ0) is 44.0. The van der Waals surface area contributed by atoms with Crippen molar-refractivity contribution in [2.45, 2.75) is 157 Å². The summed E-state index contributed by atoms with van der Waals surface area (Å²) >= 11 is 0. The van der Waals surface area contributed by atoms with Gasteiger partial charge in [0.15, 0.2) is 0 Å². The van der Waals surface area contributed by atoms with E-state index in [2.05, 4.69) is 244 Å². The molecule has 5 aromatic carbocycles. The van der Waals surface area contributed by atoms with Gasteiger partial charge >= 0.3 is 0 Å². The van der Waals surface area contributed by atoms with E-state index in [1.165, 1.54) is 78.2 Å². The van der Waals surface area contributed by atoms with Crippen molar-refractivity contribution in [2.75, 3.05) is 4.90 Å². The smallest absolute Gasteiger partial charge is 0.0730 e. The predicted molar refractivity (Wildman–Crippen MR) is 263 cm³/mol. The van der Waals surface area contributed by atoms with Crippen molar-refractivity contribution in [2.24, 2.45) is 5.41 Å². The molecule has 7 rings (SSSR count). The molecule has 0 amide bonds. The number of allylic oxidation sites excluding steroid dienone is 2. The molecule has 0 saturated carbocycles. The van der Waals surface area contributed by atoms with E-state index in [0.29, 0.717) is 0 Å². The first-order chi connectivity index (χ1) is 27.6. The largest absolute Gasteiger partial charge is 0.331 e. The molecule has 0 heterocycles. The van der Waals surface area contributed by atoms with Gasteiger partial charge in [0.1, 0.15) is 0 Å². The summed E-state index contributed by atoms with van der Waals surface area (Å²) in [6.07, 6.45) is 6.05. The van der Waals surface area contributed by atoms with E-state index in [0.717, 1.165) is 6.42 Å². The van der Waals surface area contributed by atoms with Crippen LogP contribution < -0.4 is 4.90 Å². The van der Waals surface area contributed by atoms with Gasteiger partial charge in [-0.25, -0.2) is 0 Å². The zero-order valence-corrected chi connectivity index (χ0v) is 40.2. The van der Waals surface area contributed by atoms with E-state index >= 15 is 0 Å². The molecule has 1 nitrogen and oxygen atoms in total. The lowest BCUT2D eigenvalue weighted by molar-refractivity contribution is 0.243. The molecule has 0 bridgehead atoms. The van der Waals surface area contributed by atoms with Crippen LogP contribution in [-0.2, 0) is 27.1 Å². The van der Waals surface area contributed by atoms with E-state index in [1.807, 2.05) is 0 Å². The third-order valence-electron chi connectivity index (χ3n) is 13.8. The van der Waals surface area contributed by atoms with Crippen molar-refractivity contribution in [3.05, 3.63) is 166 Å². The molecule has 5 aromatic rings. The highest BCUT2D eigenvalue weighted by Crippen LogP contribution is 2.56. The van der Waals surface area contributed by atoms with Crippen LogP contribution in [0.3, 0.4) is 0 Å². The molecule has 1 atom stereocenters. The summed E-state index contributed by atoms with van der Waals surface area (Å²) in [4.78, 5) is 2.73. The van der Waals surface area contributed by atoms with Crippen LogP contribution in [0, 0.1) is 5.41 Å².